The van der Waals surface area contributed by atoms with Crippen molar-refractivity contribution >= 4 is 23.0 Å². The fraction of sp³-hybridized carbons (Fsp3) is 0.429. The van der Waals surface area contributed by atoms with Gasteiger partial charge in [0.25, 0.3) is 5.91 Å². The number of thiophene rings is 1. The minimum Gasteiger partial charge on any atom is -0.497 e. The number of carbonyl (C=O) groups is 1. The number of hydrogen-bond donors (Lipinski definition) is 0. The van der Waals surface area contributed by atoms with E-state index >= 15 is 0 Å². The van der Waals surface area contributed by atoms with Gasteiger partial charge >= 0.3 is 0 Å². The fourth-order valence-electron chi connectivity index (χ4n) is 3.67. The van der Waals surface area contributed by atoms with Crippen molar-refractivity contribution in [2.24, 2.45) is 5.10 Å². The second kappa shape index (κ2) is 8.94. The molecule has 29 heavy (non-hydrogen) atoms. The number of rotatable bonds is 6. The van der Waals surface area contributed by atoms with Crippen LogP contribution in [0, 0.1) is 0 Å². The first-order valence-electron chi connectivity index (χ1n) is 9.65. The highest BCUT2D eigenvalue weighted by Crippen LogP contribution is 2.37. The van der Waals surface area contributed by atoms with Gasteiger partial charge in [0, 0.05) is 36.0 Å². The van der Waals surface area contributed by atoms with E-state index in [1.807, 2.05) is 29.6 Å². The number of methoxy groups -OCH3 is 2. The van der Waals surface area contributed by atoms with Crippen molar-refractivity contribution in [2.45, 2.75) is 12.5 Å². The van der Waals surface area contributed by atoms with E-state index in [1.54, 1.807) is 30.6 Å². The van der Waals surface area contributed by atoms with E-state index in [4.69, 9.17) is 19.3 Å². The Hall–Kier alpha value is -2.42. The summed E-state index contributed by atoms with van der Waals surface area (Å²) < 4.78 is 16.2. The average Bonchev–Trinajstić information content (AvgIpc) is 3.44. The molecule has 2 aliphatic rings. The van der Waals surface area contributed by atoms with E-state index < -0.39 is 0 Å². The number of nitrogens with zero attached hydrogens (tertiary/aromatic N) is 3. The summed E-state index contributed by atoms with van der Waals surface area (Å²) in [6.45, 7) is 3.22. The van der Waals surface area contributed by atoms with Gasteiger partial charge in [-0.1, -0.05) is 6.07 Å². The summed E-state index contributed by atoms with van der Waals surface area (Å²) in [5.41, 5.74) is 1.73. The van der Waals surface area contributed by atoms with E-state index in [-0.39, 0.29) is 11.9 Å². The lowest BCUT2D eigenvalue weighted by Crippen LogP contribution is -2.43. The molecule has 1 atom stereocenters. The van der Waals surface area contributed by atoms with Crippen molar-refractivity contribution in [3.63, 3.8) is 0 Å². The number of hydrazone groups is 1. The Morgan fingerprint density at radius 3 is 2.76 bits per heavy atom. The fourth-order valence-corrected chi connectivity index (χ4v) is 4.48. The van der Waals surface area contributed by atoms with E-state index in [9.17, 15) is 4.79 Å². The zero-order valence-corrected chi connectivity index (χ0v) is 17.5. The zero-order valence-electron chi connectivity index (χ0n) is 16.7. The first-order valence-corrected chi connectivity index (χ1v) is 10.5. The van der Waals surface area contributed by atoms with Crippen molar-refractivity contribution in [1.82, 2.24) is 9.91 Å². The molecule has 0 radical (unpaired) electrons. The molecule has 0 N–H and O–H groups in total. The van der Waals surface area contributed by atoms with Gasteiger partial charge in [-0.3, -0.25) is 9.69 Å². The monoisotopic (exact) mass is 415 g/mol. The van der Waals surface area contributed by atoms with E-state index in [2.05, 4.69) is 11.0 Å². The largest absolute Gasteiger partial charge is 0.497 e. The second-order valence-electron chi connectivity index (χ2n) is 6.98. The van der Waals surface area contributed by atoms with Gasteiger partial charge in [-0.05, 0) is 23.6 Å². The molecule has 2 aliphatic heterocycles. The molecule has 7 nitrogen and oxygen atoms in total. The summed E-state index contributed by atoms with van der Waals surface area (Å²) >= 11 is 1.65. The van der Waals surface area contributed by atoms with Crippen LogP contribution in [0.1, 0.15) is 22.9 Å². The van der Waals surface area contributed by atoms with Crippen LogP contribution in [0.25, 0.3) is 0 Å². The highest BCUT2D eigenvalue weighted by molar-refractivity contribution is 7.10. The number of morpholine rings is 1. The van der Waals surface area contributed by atoms with Crippen molar-refractivity contribution < 1.29 is 19.0 Å². The molecule has 8 heteroatoms. The molecular weight excluding hydrogens is 390 g/mol. The Morgan fingerprint density at radius 2 is 2.07 bits per heavy atom. The van der Waals surface area contributed by atoms with Crippen LogP contribution in [0.2, 0.25) is 0 Å². The van der Waals surface area contributed by atoms with Crippen LogP contribution in [0.15, 0.2) is 40.8 Å². The number of ether oxygens (including phenoxy) is 3. The molecule has 154 valence electrons. The molecule has 0 spiro atoms. The van der Waals surface area contributed by atoms with Crippen LogP contribution in [0.3, 0.4) is 0 Å². The SMILES string of the molecule is COc1ccc(C2=NN(C(=O)CN3CCOCC3)C(c3cccs3)C2)c(OC)c1. The Morgan fingerprint density at radius 1 is 1.24 bits per heavy atom. The standard InChI is InChI=1S/C21H25N3O4S/c1-26-15-5-6-16(19(12-15)27-2)17-13-18(20-4-3-11-29-20)24(22-17)21(25)14-23-7-9-28-10-8-23/h3-6,11-12,18H,7-10,13-14H2,1-2H3. The third-order valence-corrected chi connectivity index (χ3v) is 6.19. The molecule has 0 aliphatic carbocycles. The zero-order chi connectivity index (χ0) is 20.2. The number of benzene rings is 1. The summed E-state index contributed by atoms with van der Waals surface area (Å²) in [6.07, 6.45) is 0.651. The lowest BCUT2D eigenvalue weighted by atomic mass is 10.0. The number of hydrogen-bond acceptors (Lipinski definition) is 7. The van der Waals surface area contributed by atoms with Gasteiger partial charge in [-0.25, -0.2) is 5.01 Å². The molecule has 1 aromatic carbocycles. The van der Waals surface area contributed by atoms with Gasteiger partial charge in [0.2, 0.25) is 0 Å². The lowest BCUT2D eigenvalue weighted by molar-refractivity contribution is -0.135. The highest BCUT2D eigenvalue weighted by Gasteiger charge is 2.35. The predicted molar refractivity (Wildman–Crippen MR) is 112 cm³/mol. The van der Waals surface area contributed by atoms with Gasteiger partial charge in [0.05, 0.1) is 45.7 Å². The third-order valence-electron chi connectivity index (χ3n) is 5.22. The summed E-state index contributed by atoms with van der Waals surface area (Å²) in [5.74, 6) is 1.42. The molecule has 1 saturated heterocycles. The van der Waals surface area contributed by atoms with Gasteiger partial charge < -0.3 is 14.2 Å². The topological polar surface area (TPSA) is 63.6 Å². The van der Waals surface area contributed by atoms with Crippen LogP contribution >= 0.6 is 11.3 Å². The van der Waals surface area contributed by atoms with Crippen LogP contribution in [0.4, 0.5) is 0 Å². The Labute approximate surface area is 174 Å². The highest BCUT2D eigenvalue weighted by atomic mass is 32.1. The molecule has 2 aromatic rings. The molecule has 0 saturated carbocycles. The molecule has 1 aromatic heterocycles. The van der Waals surface area contributed by atoms with E-state index in [0.29, 0.717) is 31.9 Å². The van der Waals surface area contributed by atoms with E-state index in [1.165, 1.54) is 0 Å². The van der Waals surface area contributed by atoms with Crippen molar-refractivity contribution in [2.75, 3.05) is 47.1 Å². The maximum Gasteiger partial charge on any atom is 0.257 e. The van der Waals surface area contributed by atoms with Crippen molar-refractivity contribution in [3.8, 4) is 11.5 Å². The quantitative estimate of drug-likeness (QED) is 0.726. The molecule has 0 bridgehead atoms. The first kappa shape index (κ1) is 19.9. The maximum atomic E-state index is 13.1. The van der Waals surface area contributed by atoms with E-state index in [0.717, 1.165) is 35.0 Å². The molecule has 1 fully saturated rings. The van der Waals surface area contributed by atoms with Gasteiger partial charge in [0.15, 0.2) is 0 Å². The lowest BCUT2D eigenvalue weighted by Gasteiger charge is -2.28. The Kier molecular flexibility index (Phi) is 6.13. The van der Waals surface area contributed by atoms with Gasteiger partial charge in [-0.15, -0.1) is 11.3 Å². The maximum absolute atomic E-state index is 13.1. The predicted octanol–water partition coefficient (Wildman–Crippen LogP) is 2.78. The smallest absolute Gasteiger partial charge is 0.257 e. The minimum absolute atomic E-state index is 0.00720. The summed E-state index contributed by atoms with van der Waals surface area (Å²) in [7, 11) is 3.26. The summed E-state index contributed by atoms with van der Waals surface area (Å²) in [4.78, 5) is 16.4. The minimum atomic E-state index is -0.0923. The second-order valence-corrected chi connectivity index (χ2v) is 7.95. The Balaban J connectivity index is 1.61. The molecule has 3 heterocycles. The van der Waals surface area contributed by atoms with Crippen LogP contribution in [-0.4, -0.2) is 68.6 Å². The molecule has 4 rings (SSSR count). The van der Waals surface area contributed by atoms with Crippen LogP contribution < -0.4 is 9.47 Å². The summed E-state index contributed by atoms with van der Waals surface area (Å²) in [6, 6.07) is 9.66. The molecule has 1 unspecified atom stereocenters. The molecule has 1 amide bonds. The normalized spacial score (nSPS) is 19.9. The first-order chi connectivity index (χ1) is 14.2. The van der Waals surface area contributed by atoms with Gasteiger partial charge in [0.1, 0.15) is 11.5 Å². The number of carbonyl (C=O) groups excluding carboxylic acids is 1. The number of amides is 1. The Bertz CT molecular complexity index is 878. The molecular formula is C21H25N3O4S. The van der Waals surface area contributed by atoms with Gasteiger partial charge in [-0.2, -0.15) is 5.10 Å². The van der Waals surface area contributed by atoms with Crippen LogP contribution in [-0.2, 0) is 9.53 Å². The summed E-state index contributed by atoms with van der Waals surface area (Å²) in [5, 5.41) is 8.44. The average molecular weight is 416 g/mol. The van der Waals surface area contributed by atoms with Crippen molar-refractivity contribution in [3.05, 3.63) is 46.2 Å². The van der Waals surface area contributed by atoms with Crippen LogP contribution in [0.5, 0.6) is 11.5 Å². The third kappa shape index (κ3) is 4.29. The van der Waals surface area contributed by atoms with Crippen molar-refractivity contribution in [1.29, 1.82) is 0 Å².